The fourth-order valence-electron chi connectivity index (χ4n) is 2.80. The second-order valence-corrected chi connectivity index (χ2v) is 5.86. The molecule has 1 atom stereocenters. The van der Waals surface area contributed by atoms with Crippen molar-refractivity contribution in [1.82, 2.24) is 4.90 Å². The van der Waals surface area contributed by atoms with Gasteiger partial charge in [-0.3, -0.25) is 4.79 Å². The Hall–Kier alpha value is -2.10. The maximum Gasteiger partial charge on any atom is 0.335 e. The zero-order chi connectivity index (χ0) is 15.6. The number of hydrogen-bond acceptors (Lipinski definition) is 2. The van der Waals surface area contributed by atoms with Gasteiger partial charge in [0.05, 0.1) is 5.56 Å². The van der Waals surface area contributed by atoms with Gasteiger partial charge in [-0.1, -0.05) is 18.6 Å². The molecule has 21 heavy (non-hydrogen) atoms. The van der Waals surface area contributed by atoms with Crippen molar-refractivity contribution < 1.29 is 14.7 Å². The van der Waals surface area contributed by atoms with Crippen LogP contribution in [0, 0.1) is 5.92 Å². The number of aromatic carboxylic acids is 1. The molecule has 0 fully saturated rings. The van der Waals surface area contributed by atoms with Gasteiger partial charge >= 0.3 is 5.97 Å². The van der Waals surface area contributed by atoms with Crippen LogP contribution in [0.15, 0.2) is 30.4 Å². The fourth-order valence-corrected chi connectivity index (χ4v) is 2.80. The number of carboxylic acids is 1. The van der Waals surface area contributed by atoms with Crippen molar-refractivity contribution in [2.24, 2.45) is 5.92 Å². The van der Waals surface area contributed by atoms with Crippen LogP contribution in [0.3, 0.4) is 0 Å². The smallest absolute Gasteiger partial charge is 0.335 e. The highest BCUT2D eigenvalue weighted by atomic mass is 16.4. The van der Waals surface area contributed by atoms with E-state index in [2.05, 4.69) is 6.58 Å². The van der Waals surface area contributed by atoms with Crippen LogP contribution in [-0.2, 0) is 17.8 Å². The van der Waals surface area contributed by atoms with Gasteiger partial charge in [-0.05, 0) is 43.0 Å². The van der Waals surface area contributed by atoms with Crippen LogP contribution in [0.2, 0.25) is 0 Å². The lowest BCUT2D eigenvalue weighted by Crippen LogP contribution is -2.39. The van der Waals surface area contributed by atoms with Crippen molar-refractivity contribution in [1.29, 1.82) is 0 Å². The van der Waals surface area contributed by atoms with Gasteiger partial charge < -0.3 is 10.0 Å². The molecule has 1 aliphatic heterocycles. The molecule has 1 heterocycles. The van der Waals surface area contributed by atoms with E-state index in [-0.39, 0.29) is 17.4 Å². The topological polar surface area (TPSA) is 57.6 Å². The van der Waals surface area contributed by atoms with E-state index >= 15 is 0 Å². The van der Waals surface area contributed by atoms with Crippen molar-refractivity contribution in [2.45, 2.75) is 33.2 Å². The molecule has 112 valence electrons. The number of carbonyl (C=O) groups is 2. The van der Waals surface area contributed by atoms with Crippen LogP contribution in [0.4, 0.5) is 0 Å². The first-order chi connectivity index (χ1) is 9.88. The van der Waals surface area contributed by atoms with E-state index in [0.29, 0.717) is 19.5 Å². The number of carbonyl (C=O) groups excluding carboxylic acids is 1. The minimum atomic E-state index is -0.933. The first kappa shape index (κ1) is 15.3. The van der Waals surface area contributed by atoms with E-state index in [1.165, 1.54) is 0 Å². The van der Waals surface area contributed by atoms with Gasteiger partial charge in [0.1, 0.15) is 0 Å². The van der Waals surface area contributed by atoms with E-state index in [1.807, 2.05) is 24.8 Å². The minimum Gasteiger partial charge on any atom is -0.478 e. The number of amides is 1. The Morgan fingerprint density at radius 3 is 2.71 bits per heavy atom. The lowest BCUT2D eigenvalue weighted by Gasteiger charge is -2.31. The fraction of sp³-hybridized carbons (Fsp3) is 0.412. The molecule has 0 spiro atoms. The van der Waals surface area contributed by atoms with Crippen LogP contribution < -0.4 is 0 Å². The SMILES string of the molecule is C=C(C)CC(C)C(=O)N1CCc2ccc(C(=O)O)cc2C1. The van der Waals surface area contributed by atoms with E-state index in [4.69, 9.17) is 5.11 Å². The van der Waals surface area contributed by atoms with Gasteiger partial charge in [0, 0.05) is 19.0 Å². The molecule has 0 radical (unpaired) electrons. The number of allylic oxidation sites excluding steroid dienone is 1. The first-order valence-corrected chi connectivity index (χ1v) is 7.16. The van der Waals surface area contributed by atoms with E-state index in [9.17, 15) is 9.59 Å². The summed E-state index contributed by atoms with van der Waals surface area (Å²) in [4.78, 5) is 25.3. The highest BCUT2D eigenvalue weighted by Gasteiger charge is 2.25. The Morgan fingerprint density at radius 1 is 1.38 bits per heavy atom. The Kier molecular flexibility index (Phi) is 4.46. The van der Waals surface area contributed by atoms with Crippen molar-refractivity contribution >= 4 is 11.9 Å². The normalized spacial score (nSPS) is 15.2. The number of rotatable bonds is 4. The summed E-state index contributed by atoms with van der Waals surface area (Å²) in [5.74, 6) is -0.895. The zero-order valence-electron chi connectivity index (χ0n) is 12.6. The third-order valence-electron chi connectivity index (χ3n) is 3.85. The monoisotopic (exact) mass is 287 g/mol. The predicted molar refractivity (Wildman–Crippen MR) is 81.1 cm³/mol. The molecule has 1 aromatic carbocycles. The van der Waals surface area contributed by atoms with E-state index < -0.39 is 5.97 Å². The van der Waals surface area contributed by atoms with Gasteiger partial charge in [-0.15, -0.1) is 6.58 Å². The summed E-state index contributed by atoms with van der Waals surface area (Å²) >= 11 is 0. The zero-order valence-corrected chi connectivity index (χ0v) is 12.6. The highest BCUT2D eigenvalue weighted by molar-refractivity contribution is 5.88. The molecular formula is C17H21NO3. The quantitative estimate of drug-likeness (QED) is 0.866. The average molecular weight is 287 g/mol. The molecule has 0 aliphatic carbocycles. The standard InChI is InChI=1S/C17H21NO3/c1-11(2)8-12(3)16(19)18-7-6-13-4-5-14(17(20)21)9-15(13)10-18/h4-5,9,12H,1,6-8,10H2,2-3H3,(H,20,21). The molecule has 0 saturated heterocycles. The third-order valence-corrected chi connectivity index (χ3v) is 3.85. The molecule has 2 rings (SSSR count). The van der Waals surface area contributed by atoms with Gasteiger partial charge in [0.2, 0.25) is 5.91 Å². The van der Waals surface area contributed by atoms with E-state index in [1.54, 1.807) is 12.1 Å². The molecule has 1 amide bonds. The number of nitrogens with zero attached hydrogens (tertiary/aromatic N) is 1. The maximum absolute atomic E-state index is 12.4. The van der Waals surface area contributed by atoms with Crippen molar-refractivity contribution in [3.8, 4) is 0 Å². The molecular weight excluding hydrogens is 266 g/mol. The van der Waals surface area contributed by atoms with Crippen molar-refractivity contribution in [3.05, 3.63) is 47.0 Å². The lowest BCUT2D eigenvalue weighted by molar-refractivity contribution is -0.135. The van der Waals surface area contributed by atoms with Crippen LogP contribution >= 0.6 is 0 Å². The molecule has 0 saturated carbocycles. The molecule has 1 aromatic rings. The first-order valence-electron chi connectivity index (χ1n) is 7.16. The summed E-state index contributed by atoms with van der Waals surface area (Å²) in [6.45, 7) is 8.88. The Morgan fingerprint density at radius 2 is 2.10 bits per heavy atom. The Bertz CT molecular complexity index is 592. The average Bonchev–Trinajstić information content (AvgIpc) is 2.44. The number of fused-ring (bicyclic) bond motifs is 1. The van der Waals surface area contributed by atoms with Gasteiger partial charge in [0.25, 0.3) is 0 Å². The number of hydrogen-bond donors (Lipinski definition) is 1. The highest BCUT2D eigenvalue weighted by Crippen LogP contribution is 2.23. The second kappa shape index (κ2) is 6.12. The van der Waals surface area contributed by atoms with Crippen molar-refractivity contribution in [3.63, 3.8) is 0 Å². The van der Waals surface area contributed by atoms with Gasteiger partial charge in [0.15, 0.2) is 0 Å². The Balaban J connectivity index is 2.14. The summed E-state index contributed by atoms with van der Waals surface area (Å²) in [6, 6.07) is 5.17. The second-order valence-electron chi connectivity index (χ2n) is 5.86. The number of carboxylic acid groups (broad SMARTS) is 1. The third kappa shape index (κ3) is 3.51. The van der Waals surface area contributed by atoms with Crippen molar-refractivity contribution in [2.75, 3.05) is 6.54 Å². The van der Waals surface area contributed by atoms with Crippen LogP contribution in [-0.4, -0.2) is 28.4 Å². The maximum atomic E-state index is 12.4. The largest absolute Gasteiger partial charge is 0.478 e. The Labute approximate surface area is 125 Å². The summed E-state index contributed by atoms with van der Waals surface area (Å²) in [6.07, 6.45) is 1.47. The number of benzene rings is 1. The molecule has 1 aliphatic rings. The lowest BCUT2D eigenvalue weighted by atomic mass is 9.95. The predicted octanol–water partition coefficient (Wildman–Crippen LogP) is 2.87. The van der Waals surface area contributed by atoms with Crippen LogP contribution in [0.25, 0.3) is 0 Å². The molecule has 0 aromatic heterocycles. The molecule has 0 bridgehead atoms. The van der Waals surface area contributed by atoms with Gasteiger partial charge in [-0.25, -0.2) is 4.79 Å². The van der Waals surface area contributed by atoms with Gasteiger partial charge in [-0.2, -0.15) is 0 Å². The molecule has 4 heteroatoms. The van der Waals surface area contributed by atoms with E-state index in [0.717, 1.165) is 23.1 Å². The summed E-state index contributed by atoms with van der Waals surface area (Å²) in [5, 5.41) is 9.06. The summed E-state index contributed by atoms with van der Waals surface area (Å²) in [7, 11) is 0. The van der Waals surface area contributed by atoms with Crippen LogP contribution in [0.1, 0.15) is 41.8 Å². The molecule has 4 nitrogen and oxygen atoms in total. The molecule has 1 unspecified atom stereocenters. The molecule has 1 N–H and O–H groups in total. The minimum absolute atomic E-state index is 0.0771. The van der Waals surface area contributed by atoms with Crippen LogP contribution in [0.5, 0.6) is 0 Å². The summed E-state index contributed by atoms with van der Waals surface area (Å²) in [5.41, 5.74) is 3.35. The summed E-state index contributed by atoms with van der Waals surface area (Å²) < 4.78 is 0.